The van der Waals surface area contributed by atoms with E-state index in [1.165, 1.54) is 0 Å². The second-order valence-corrected chi connectivity index (χ2v) is 3.77. The molecule has 1 saturated heterocycles. The summed E-state index contributed by atoms with van der Waals surface area (Å²) in [4.78, 5) is 15.3. The van der Waals surface area contributed by atoms with E-state index in [-0.39, 0.29) is 18.3 Å². The van der Waals surface area contributed by atoms with Crippen molar-refractivity contribution in [3.05, 3.63) is 0 Å². The van der Waals surface area contributed by atoms with Gasteiger partial charge in [-0.2, -0.15) is 0 Å². The van der Waals surface area contributed by atoms with Gasteiger partial charge in [0.1, 0.15) is 0 Å². The monoisotopic (exact) mass is 240 g/mol. The zero-order valence-electron chi connectivity index (χ0n) is 8.54. The Morgan fingerprint density at radius 2 is 1.86 bits per heavy atom. The lowest BCUT2D eigenvalue weighted by Crippen LogP contribution is -2.48. The van der Waals surface area contributed by atoms with Crippen LogP contribution in [0.15, 0.2) is 0 Å². The van der Waals surface area contributed by atoms with Crippen molar-refractivity contribution in [1.29, 1.82) is 0 Å². The Hall–Kier alpha value is 0.01000. The zero-order valence-corrected chi connectivity index (χ0v) is 10.1. The first-order valence-electron chi connectivity index (χ1n) is 4.78. The molecule has 0 radical (unpaired) electrons. The average Bonchev–Trinajstić information content (AvgIpc) is 2.15. The number of amides is 1. The Kier molecular flexibility index (Phi) is 7.33. The van der Waals surface area contributed by atoms with Gasteiger partial charge in [-0.05, 0) is 13.0 Å². The van der Waals surface area contributed by atoms with E-state index in [2.05, 4.69) is 4.90 Å². The summed E-state index contributed by atoms with van der Waals surface area (Å²) in [5.41, 5.74) is 0. The number of carbonyl (C=O) groups is 1. The maximum atomic E-state index is 11.0. The summed E-state index contributed by atoms with van der Waals surface area (Å²) in [6, 6.07) is 0. The SMILES string of the molecule is CC(=O)N1CCN(CCCCl)CC1.Cl. The molecule has 0 spiro atoms. The van der Waals surface area contributed by atoms with Crippen LogP contribution < -0.4 is 0 Å². The fourth-order valence-electron chi connectivity index (χ4n) is 1.57. The first-order valence-corrected chi connectivity index (χ1v) is 5.31. The molecule has 0 atom stereocenters. The van der Waals surface area contributed by atoms with Gasteiger partial charge in [-0.15, -0.1) is 24.0 Å². The van der Waals surface area contributed by atoms with Gasteiger partial charge < -0.3 is 4.90 Å². The maximum absolute atomic E-state index is 11.0. The minimum Gasteiger partial charge on any atom is -0.340 e. The van der Waals surface area contributed by atoms with Crippen LogP contribution >= 0.6 is 24.0 Å². The lowest BCUT2D eigenvalue weighted by atomic mass is 10.3. The fraction of sp³-hybridized carbons (Fsp3) is 0.889. The first-order chi connectivity index (χ1) is 6.24. The quantitative estimate of drug-likeness (QED) is 0.693. The third-order valence-electron chi connectivity index (χ3n) is 2.43. The summed E-state index contributed by atoms with van der Waals surface area (Å²) >= 11 is 5.61. The highest BCUT2D eigenvalue weighted by Gasteiger charge is 2.17. The van der Waals surface area contributed by atoms with Crippen LogP contribution in [0.2, 0.25) is 0 Å². The number of rotatable bonds is 3. The summed E-state index contributed by atoms with van der Waals surface area (Å²) < 4.78 is 0. The predicted octanol–water partition coefficient (Wildman–Crippen LogP) is 1.20. The van der Waals surface area contributed by atoms with Gasteiger partial charge in [0.05, 0.1) is 0 Å². The molecule has 0 aromatic carbocycles. The fourth-order valence-corrected chi connectivity index (χ4v) is 1.69. The molecule has 1 heterocycles. The highest BCUT2D eigenvalue weighted by molar-refractivity contribution is 6.17. The smallest absolute Gasteiger partial charge is 0.219 e. The molecule has 1 aliphatic rings. The second kappa shape index (κ2) is 7.32. The number of hydrogen-bond donors (Lipinski definition) is 0. The van der Waals surface area contributed by atoms with Crippen molar-refractivity contribution in [2.45, 2.75) is 13.3 Å². The van der Waals surface area contributed by atoms with Crippen LogP contribution in [-0.2, 0) is 4.79 Å². The number of halogens is 2. The average molecular weight is 241 g/mol. The molecule has 0 N–H and O–H groups in total. The van der Waals surface area contributed by atoms with Crippen LogP contribution in [0, 0.1) is 0 Å². The van der Waals surface area contributed by atoms with Crippen LogP contribution in [0.5, 0.6) is 0 Å². The summed E-state index contributed by atoms with van der Waals surface area (Å²) in [6.07, 6.45) is 1.04. The van der Waals surface area contributed by atoms with E-state index in [0.29, 0.717) is 0 Å². The Morgan fingerprint density at radius 3 is 2.29 bits per heavy atom. The Bertz CT molecular complexity index is 170. The minimum absolute atomic E-state index is 0. The van der Waals surface area contributed by atoms with Crippen LogP contribution in [-0.4, -0.2) is 54.3 Å². The molecule has 1 amide bonds. The lowest BCUT2D eigenvalue weighted by molar-refractivity contribution is -0.130. The minimum atomic E-state index is 0. The van der Waals surface area contributed by atoms with Crippen LogP contribution in [0.25, 0.3) is 0 Å². The van der Waals surface area contributed by atoms with Crippen molar-refractivity contribution < 1.29 is 4.79 Å². The van der Waals surface area contributed by atoms with E-state index >= 15 is 0 Å². The number of alkyl halides is 1. The van der Waals surface area contributed by atoms with E-state index in [1.54, 1.807) is 6.92 Å². The molecule has 0 bridgehead atoms. The highest BCUT2D eigenvalue weighted by atomic mass is 35.5. The normalized spacial score (nSPS) is 17.7. The lowest BCUT2D eigenvalue weighted by Gasteiger charge is -2.34. The van der Waals surface area contributed by atoms with Crippen molar-refractivity contribution >= 4 is 29.9 Å². The van der Waals surface area contributed by atoms with Crippen molar-refractivity contribution in [3.8, 4) is 0 Å². The van der Waals surface area contributed by atoms with Gasteiger partial charge >= 0.3 is 0 Å². The van der Waals surface area contributed by atoms with Crippen molar-refractivity contribution in [1.82, 2.24) is 9.80 Å². The van der Waals surface area contributed by atoms with E-state index in [0.717, 1.165) is 45.0 Å². The van der Waals surface area contributed by atoms with E-state index in [4.69, 9.17) is 11.6 Å². The molecule has 14 heavy (non-hydrogen) atoms. The van der Waals surface area contributed by atoms with Gasteiger partial charge in [0.25, 0.3) is 0 Å². The number of piperazine rings is 1. The molecular formula is C9H18Cl2N2O. The maximum Gasteiger partial charge on any atom is 0.219 e. The van der Waals surface area contributed by atoms with E-state index < -0.39 is 0 Å². The second-order valence-electron chi connectivity index (χ2n) is 3.39. The van der Waals surface area contributed by atoms with Crippen LogP contribution in [0.4, 0.5) is 0 Å². The molecule has 1 fully saturated rings. The summed E-state index contributed by atoms with van der Waals surface area (Å²) in [5, 5.41) is 0. The van der Waals surface area contributed by atoms with Gasteiger partial charge in [0.2, 0.25) is 5.91 Å². The molecular weight excluding hydrogens is 223 g/mol. The topological polar surface area (TPSA) is 23.6 Å². The van der Waals surface area contributed by atoms with Gasteiger partial charge in [0, 0.05) is 39.0 Å². The third kappa shape index (κ3) is 4.49. The van der Waals surface area contributed by atoms with Gasteiger partial charge in [-0.3, -0.25) is 9.69 Å². The zero-order chi connectivity index (χ0) is 9.68. The predicted molar refractivity (Wildman–Crippen MR) is 61.3 cm³/mol. The van der Waals surface area contributed by atoms with Gasteiger partial charge in [-0.1, -0.05) is 0 Å². The molecule has 1 rings (SSSR count). The van der Waals surface area contributed by atoms with Gasteiger partial charge in [-0.25, -0.2) is 0 Å². The molecule has 0 aromatic heterocycles. The summed E-state index contributed by atoms with van der Waals surface area (Å²) in [7, 11) is 0. The summed E-state index contributed by atoms with van der Waals surface area (Å²) in [5.74, 6) is 0.921. The third-order valence-corrected chi connectivity index (χ3v) is 2.69. The molecule has 1 aliphatic heterocycles. The number of nitrogens with zero attached hydrogens (tertiary/aromatic N) is 2. The number of hydrogen-bond acceptors (Lipinski definition) is 2. The molecule has 0 aromatic rings. The standard InChI is InChI=1S/C9H17ClN2O.ClH/c1-9(13)12-7-5-11(6-8-12)4-2-3-10;/h2-8H2,1H3;1H. The molecule has 3 nitrogen and oxygen atoms in total. The van der Waals surface area contributed by atoms with Crippen LogP contribution in [0.1, 0.15) is 13.3 Å². The van der Waals surface area contributed by atoms with E-state index in [9.17, 15) is 4.79 Å². The van der Waals surface area contributed by atoms with Crippen molar-refractivity contribution in [2.75, 3.05) is 38.6 Å². The summed E-state index contributed by atoms with van der Waals surface area (Å²) in [6.45, 7) is 6.44. The highest BCUT2D eigenvalue weighted by Crippen LogP contribution is 2.02. The van der Waals surface area contributed by atoms with Gasteiger partial charge in [0.15, 0.2) is 0 Å². The molecule has 84 valence electrons. The van der Waals surface area contributed by atoms with Crippen LogP contribution in [0.3, 0.4) is 0 Å². The Balaban J connectivity index is 0.00000169. The van der Waals surface area contributed by atoms with E-state index in [1.807, 2.05) is 4.90 Å². The molecule has 0 saturated carbocycles. The molecule has 0 unspecified atom stereocenters. The molecule has 0 aliphatic carbocycles. The molecule has 5 heteroatoms. The first kappa shape index (κ1) is 14.0. The largest absolute Gasteiger partial charge is 0.340 e. The van der Waals surface area contributed by atoms with Crippen molar-refractivity contribution in [3.63, 3.8) is 0 Å². The van der Waals surface area contributed by atoms with Crippen molar-refractivity contribution in [2.24, 2.45) is 0 Å². The number of carbonyl (C=O) groups excluding carboxylic acids is 1. The Morgan fingerprint density at radius 1 is 1.29 bits per heavy atom. The Labute approximate surface area is 96.8 Å².